The molecule has 1 saturated heterocycles. The maximum atomic E-state index is 12.7. The molecule has 7 heteroatoms. The molecule has 1 aliphatic heterocycles. The number of amides is 1. The van der Waals surface area contributed by atoms with E-state index in [0.717, 1.165) is 30.7 Å². The van der Waals surface area contributed by atoms with Crippen LogP contribution in [0.3, 0.4) is 0 Å². The van der Waals surface area contributed by atoms with Crippen LogP contribution in [0.4, 0.5) is 5.69 Å². The van der Waals surface area contributed by atoms with Crippen LogP contribution in [0, 0.1) is 6.92 Å². The van der Waals surface area contributed by atoms with Gasteiger partial charge in [-0.3, -0.25) is 10.1 Å². The first-order valence-electron chi connectivity index (χ1n) is 9.62. The number of hydrogen-bond acceptors (Lipinski definition) is 5. The van der Waals surface area contributed by atoms with Crippen molar-refractivity contribution in [1.29, 1.82) is 0 Å². The molecule has 154 valence electrons. The van der Waals surface area contributed by atoms with Crippen molar-refractivity contribution in [2.45, 2.75) is 25.9 Å². The van der Waals surface area contributed by atoms with Gasteiger partial charge in [-0.2, -0.15) is 0 Å². The SMILES string of the molecule is COc1ccc(NC(=NC[C@@H]2CCCO2)NC(=O)c2ccc(C)cc2)cc1OC. The van der Waals surface area contributed by atoms with Crippen LogP contribution >= 0.6 is 0 Å². The Labute approximate surface area is 171 Å². The predicted molar refractivity (Wildman–Crippen MR) is 113 cm³/mol. The Kier molecular flexibility index (Phi) is 7.08. The van der Waals surface area contributed by atoms with Crippen LogP contribution in [0.5, 0.6) is 11.5 Å². The van der Waals surface area contributed by atoms with Gasteiger partial charge in [-0.05, 0) is 44.0 Å². The highest BCUT2D eigenvalue weighted by Crippen LogP contribution is 2.29. The molecule has 7 nitrogen and oxygen atoms in total. The minimum Gasteiger partial charge on any atom is -0.493 e. The largest absolute Gasteiger partial charge is 0.493 e. The predicted octanol–water partition coefficient (Wildman–Crippen LogP) is 3.39. The highest BCUT2D eigenvalue weighted by atomic mass is 16.5. The van der Waals surface area contributed by atoms with Gasteiger partial charge in [0.25, 0.3) is 5.91 Å². The van der Waals surface area contributed by atoms with Crippen LogP contribution in [0.1, 0.15) is 28.8 Å². The van der Waals surface area contributed by atoms with Crippen molar-refractivity contribution < 1.29 is 19.0 Å². The van der Waals surface area contributed by atoms with E-state index in [2.05, 4.69) is 15.6 Å². The summed E-state index contributed by atoms with van der Waals surface area (Å²) in [6.45, 7) is 3.22. The van der Waals surface area contributed by atoms with Crippen molar-refractivity contribution in [2.24, 2.45) is 4.99 Å². The molecule has 0 radical (unpaired) electrons. The smallest absolute Gasteiger partial charge is 0.257 e. The molecule has 1 heterocycles. The lowest BCUT2D eigenvalue weighted by Crippen LogP contribution is -2.36. The molecule has 0 bridgehead atoms. The van der Waals surface area contributed by atoms with E-state index in [1.165, 1.54) is 0 Å². The Morgan fingerprint density at radius 3 is 2.55 bits per heavy atom. The van der Waals surface area contributed by atoms with Gasteiger partial charge in [-0.15, -0.1) is 0 Å². The molecule has 3 rings (SSSR count). The first-order valence-corrected chi connectivity index (χ1v) is 9.62. The van der Waals surface area contributed by atoms with E-state index >= 15 is 0 Å². The minimum atomic E-state index is -0.232. The summed E-state index contributed by atoms with van der Waals surface area (Å²) in [5, 5.41) is 6.03. The number of carbonyl (C=O) groups excluding carboxylic acids is 1. The fourth-order valence-electron chi connectivity index (χ4n) is 3.03. The van der Waals surface area contributed by atoms with Gasteiger partial charge in [0.1, 0.15) is 0 Å². The second-order valence-electron chi connectivity index (χ2n) is 6.84. The van der Waals surface area contributed by atoms with Crippen molar-refractivity contribution in [3.63, 3.8) is 0 Å². The van der Waals surface area contributed by atoms with Gasteiger partial charge in [-0.25, -0.2) is 4.99 Å². The van der Waals surface area contributed by atoms with Crippen LogP contribution in [0.2, 0.25) is 0 Å². The maximum absolute atomic E-state index is 12.7. The van der Waals surface area contributed by atoms with E-state index in [0.29, 0.717) is 29.6 Å². The number of rotatable bonds is 6. The highest BCUT2D eigenvalue weighted by molar-refractivity contribution is 6.10. The van der Waals surface area contributed by atoms with E-state index in [-0.39, 0.29) is 12.0 Å². The fourth-order valence-corrected chi connectivity index (χ4v) is 3.03. The lowest BCUT2D eigenvalue weighted by atomic mass is 10.1. The average Bonchev–Trinajstić information content (AvgIpc) is 3.26. The number of benzene rings is 2. The molecule has 1 fully saturated rings. The molecule has 2 aromatic carbocycles. The van der Waals surface area contributed by atoms with Gasteiger partial charge in [0.15, 0.2) is 11.5 Å². The first kappa shape index (κ1) is 20.7. The lowest BCUT2D eigenvalue weighted by Gasteiger charge is -2.15. The van der Waals surface area contributed by atoms with Gasteiger partial charge in [-0.1, -0.05) is 17.7 Å². The molecule has 0 unspecified atom stereocenters. The summed E-state index contributed by atoms with van der Waals surface area (Å²) in [6, 6.07) is 12.8. The fraction of sp³-hybridized carbons (Fsp3) is 0.364. The molecule has 0 spiro atoms. The summed E-state index contributed by atoms with van der Waals surface area (Å²) >= 11 is 0. The highest BCUT2D eigenvalue weighted by Gasteiger charge is 2.16. The van der Waals surface area contributed by atoms with E-state index in [1.54, 1.807) is 38.5 Å². The summed E-state index contributed by atoms with van der Waals surface area (Å²) in [5.41, 5.74) is 2.38. The average molecular weight is 397 g/mol. The number of nitrogens with zero attached hydrogens (tertiary/aromatic N) is 1. The molecule has 0 saturated carbocycles. The van der Waals surface area contributed by atoms with Crippen LogP contribution < -0.4 is 20.1 Å². The molecule has 0 aromatic heterocycles. The summed E-state index contributed by atoms with van der Waals surface area (Å²) in [4.78, 5) is 17.2. The van der Waals surface area contributed by atoms with E-state index in [9.17, 15) is 4.79 Å². The standard InChI is InChI=1S/C22H27N3O4/c1-15-6-8-16(9-7-15)21(26)25-22(23-14-18-5-4-12-29-18)24-17-10-11-19(27-2)20(13-17)28-3/h6-11,13,18H,4-5,12,14H2,1-3H3,(H2,23,24,25,26)/t18-/m0/s1. The Morgan fingerprint density at radius 2 is 1.90 bits per heavy atom. The summed E-state index contributed by atoms with van der Waals surface area (Å²) < 4.78 is 16.3. The number of carbonyl (C=O) groups is 1. The molecule has 1 aliphatic rings. The number of anilines is 1. The summed E-state index contributed by atoms with van der Waals surface area (Å²) in [6.07, 6.45) is 2.08. The van der Waals surface area contributed by atoms with Gasteiger partial charge in [0.2, 0.25) is 5.96 Å². The summed E-state index contributed by atoms with van der Waals surface area (Å²) in [7, 11) is 3.16. The quantitative estimate of drug-likeness (QED) is 0.577. The third-order valence-electron chi connectivity index (χ3n) is 4.67. The van der Waals surface area contributed by atoms with Crippen molar-refractivity contribution in [1.82, 2.24) is 5.32 Å². The molecular formula is C22H27N3O4. The number of guanidine groups is 1. The number of aryl methyl sites for hydroxylation is 1. The minimum absolute atomic E-state index is 0.0773. The zero-order valence-corrected chi connectivity index (χ0v) is 17.0. The number of methoxy groups -OCH3 is 2. The van der Waals surface area contributed by atoms with Crippen molar-refractivity contribution in [2.75, 3.05) is 32.7 Å². The Balaban J connectivity index is 1.77. The van der Waals surface area contributed by atoms with Crippen LogP contribution in [-0.2, 0) is 4.74 Å². The van der Waals surface area contributed by atoms with Crippen molar-refractivity contribution in [3.05, 3.63) is 53.6 Å². The Bertz CT molecular complexity index is 859. The molecule has 1 amide bonds. The maximum Gasteiger partial charge on any atom is 0.257 e. The van der Waals surface area contributed by atoms with Gasteiger partial charge in [0, 0.05) is 23.9 Å². The van der Waals surface area contributed by atoms with Crippen LogP contribution in [-0.4, -0.2) is 45.3 Å². The first-order chi connectivity index (χ1) is 14.1. The second-order valence-corrected chi connectivity index (χ2v) is 6.84. The second kappa shape index (κ2) is 9.93. The third kappa shape index (κ3) is 5.71. The van der Waals surface area contributed by atoms with Crippen molar-refractivity contribution in [3.8, 4) is 11.5 Å². The van der Waals surface area contributed by atoms with E-state index in [1.807, 2.05) is 25.1 Å². The molecule has 2 N–H and O–H groups in total. The molecule has 2 aromatic rings. The molecule has 0 aliphatic carbocycles. The van der Waals surface area contributed by atoms with Gasteiger partial charge in [0.05, 0.1) is 26.9 Å². The number of ether oxygens (including phenoxy) is 3. The van der Waals surface area contributed by atoms with Crippen molar-refractivity contribution >= 4 is 17.6 Å². The molecule has 29 heavy (non-hydrogen) atoms. The Morgan fingerprint density at radius 1 is 1.14 bits per heavy atom. The van der Waals surface area contributed by atoms with Crippen LogP contribution in [0.25, 0.3) is 0 Å². The Hall–Kier alpha value is -3.06. The molecule has 1 atom stereocenters. The molecular weight excluding hydrogens is 370 g/mol. The van der Waals surface area contributed by atoms with E-state index < -0.39 is 0 Å². The number of hydrogen-bond donors (Lipinski definition) is 2. The topological polar surface area (TPSA) is 81.2 Å². The van der Waals surface area contributed by atoms with Gasteiger partial charge < -0.3 is 19.5 Å². The third-order valence-corrected chi connectivity index (χ3v) is 4.67. The van der Waals surface area contributed by atoms with E-state index in [4.69, 9.17) is 14.2 Å². The van der Waals surface area contributed by atoms with Gasteiger partial charge >= 0.3 is 0 Å². The monoisotopic (exact) mass is 397 g/mol. The lowest BCUT2D eigenvalue weighted by molar-refractivity contribution is 0.0975. The number of aliphatic imine (C=N–C) groups is 1. The summed E-state index contributed by atoms with van der Waals surface area (Å²) in [5.74, 6) is 1.34. The zero-order valence-electron chi connectivity index (χ0n) is 17.0. The zero-order chi connectivity index (χ0) is 20.6. The van der Waals surface area contributed by atoms with Crippen LogP contribution in [0.15, 0.2) is 47.5 Å². The normalized spacial score (nSPS) is 16.4. The number of nitrogens with one attached hydrogen (secondary N) is 2.